The van der Waals surface area contributed by atoms with Gasteiger partial charge in [-0.2, -0.15) is 0 Å². The molecule has 3 N–H and O–H groups in total. The summed E-state index contributed by atoms with van der Waals surface area (Å²) in [6, 6.07) is 23.7. The predicted molar refractivity (Wildman–Crippen MR) is 164 cm³/mol. The van der Waals surface area contributed by atoms with E-state index in [-0.39, 0.29) is 37.4 Å². The van der Waals surface area contributed by atoms with E-state index in [1.54, 1.807) is 0 Å². The minimum atomic E-state index is -2.01. The fraction of sp³-hybridized carbons (Fsp3) is 0.406. The maximum atomic E-state index is 11.9. The van der Waals surface area contributed by atoms with E-state index >= 15 is 0 Å². The van der Waals surface area contributed by atoms with E-state index in [2.05, 4.69) is 17.1 Å². The maximum absolute atomic E-state index is 11.9. The van der Waals surface area contributed by atoms with Crippen molar-refractivity contribution in [2.45, 2.75) is 54.9 Å². The topological polar surface area (TPSA) is 91.3 Å². The average molecular weight is 634 g/mol. The molecule has 10 heteroatoms. The lowest BCUT2D eigenvalue weighted by Gasteiger charge is -2.42. The van der Waals surface area contributed by atoms with Crippen molar-refractivity contribution in [2.75, 3.05) is 19.6 Å². The molecule has 0 radical (unpaired) electrons. The molecule has 5 unspecified atom stereocenters. The highest BCUT2D eigenvalue weighted by Gasteiger charge is 2.40. The van der Waals surface area contributed by atoms with Gasteiger partial charge in [0.25, 0.3) is 9.70 Å². The summed E-state index contributed by atoms with van der Waals surface area (Å²) in [4.78, 5) is 14.2. The number of hydrogen-bond donors (Lipinski definition) is 3. The van der Waals surface area contributed by atoms with Crippen molar-refractivity contribution in [2.24, 2.45) is 5.92 Å². The first kappa shape index (κ1) is 31.2. The number of rotatable bonds is 8. The lowest BCUT2D eigenvalue weighted by Crippen LogP contribution is -2.44. The van der Waals surface area contributed by atoms with Gasteiger partial charge in [-0.3, -0.25) is 9.69 Å². The van der Waals surface area contributed by atoms with E-state index in [0.29, 0.717) is 13.1 Å². The molecular weight excluding hydrogens is 599 g/mol. The van der Waals surface area contributed by atoms with E-state index in [1.807, 2.05) is 72.8 Å². The van der Waals surface area contributed by atoms with Crippen molar-refractivity contribution >= 4 is 40.7 Å². The molecule has 1 amide bonds. The molecule has 0 bridgehead atoms. The highest BCUT2D eigenvalue weighted by molar-refractivity contribution is 6.76. The first-order chi connectivity index (χ1) is 20.1. The number of carbonyl (C=O) groups excluding carboxylic acids is 1. The molecule has 0 aliphatic carbocycles. The van der Waals surface area contributed by atoms with Gasteiger partial charge in [0, 0.05) is 37.7 Å². The first-order valence-corrected chi connectivity index (χ1v) is 15.2. The monoisotopic (exact) mass is 632 g/mol. The zero-order valence-corrected chi connectivity index (χ0v) is 25.5. The van der Waals surface area contributed by atoms with Crippen LogP contribution in [0.2, 0.25) is 0 Å². The number of likely N-dealkylation sites (tertiary alicyclic amines) is 1. The number of halogens is 3. The number of nitrogens with one attached hydrogen (secondary N) is 1. The molecule has 0 saturated carbocycles. The molecule has 224 valence electrons. The summed E-state index contributed by atoms with van der Waals surface area (Å²) in [6.45, 7) is 4.57. The second-order valence-corrected chi connectivity index (χ2v) is 13.3. The Kier molecular flexibility index (Phi) is 10.1. The number of β-amino-alcohol motifs (C(OH)–C–C–N with tert-alkyl or cyclic N) is 1. The second-order valence-electron chi connectivity index (χ2n) is 11.0. The van der Waals surface area contributed by atoms with Crippen LogP contribution in [0, 0.1) is 5.92 Å². The Morgan fingerprint density at radius 3 is 2.33 bits per heavy atom. The average Bonchev–Trinajstić information content (AvgIpc) is 3.41. The van der Waals surface area contributed by atoms with Crippen LogP contribution in [-0.4, -0.2) is 56.7 Å². The number of carbonyl (C=O) groups is 1. The number of ether oxygens (including phenoxy) is 2. The third-order valence-corrected chi connectivity index (χ3v) is 8.48. The number of aliphatic hydroxyl groups is 2. The van der Waals surface area contributed by atoms with Gasteiger partial charge in [-0.25, -0.2) is 0 Å². The van der Waals surface area contributed by atoms with Crippen LogP contribution in [0.5, 0.6) is 0 Å². The van der Waals surface area contributed by atoms with Crippen LogP contribution >= 0.6 is 34.8 Å². The van der Waals surface area contributed by atoms with Crippen molar-refractivity contribution in [1.29, 1.82) is 0 Å². The van der Waals surface area contributed by atoms with Gasteiger partial charge in [0.1, 0.15) is 0 Å². The third-order valence-electron chi connectivity index (χ3n) is 7.96. The number of amides is 1. The minimum absolute atomic E-state index is 0.00808. The van der Waals surface area contributed by atoms with Crippen LogP contribution in [0.1, 0.15) is 48.0 Å². The van der Waals surface area contributed by atoms with Crippen molar-refractivity contribution in [3.05, 3.63) is 95.1 Å². The van der Waals surface area contributed by atoms with E-state index in [0.717, 1.165) is 46.3 Å². The van der Waals surface area contributed by atoms with E-state index in [9.17, 15) is 15.0 Å². The fourth-order valence-electron chi connectivity index (χ4n) is 5.54. The summed E-state index contributed by atoms with van der Waals surface area (Å²) >= 11 is 17.0. The molecule has 3 aromatic carbocycles. The second kappa shape index (κ2) is 13.6. The zero-order valence-electron chi connectivity index (χ0n) is 23.3. The predicted octanol–water partition coefficient (Wildman–Crippen LogP) is 5.69. The molecule has 7 nitrogen and oxygen atoms in total. The lowest BCUT2D eigenvalue weighted by molar-refractivity contribution is -0.276. The van der Waals surface area contributed by atoms with Crippen LogP contribution in [-0.2, 0) is 27.4 Å². The molecule has 0 aromatic heterocycles. The van der Waals surface area contributed by atoms with Crippen molar-refractivity contribution in [1.82, 2.24) is 10.2 Å². The molecule has 2 aliphatic heterocycles. The summed E-state index contributed by atoms with van der Waals surface area (Å²) in [7, 11) is 0. The molecule has 3 aromatic rings. The molecule has 2 heterocycles. The summed E-state index contributed by atoms with van der Waals surface area (Å²) in [5, 5.41) is 22.2. The molecule has 2 aliphatic rings. The highest BCUT2D eigenvalue weighted by atomic mass is 35.6. The quantitative estimate of drug-likeness (QED) is 0.276. The van der Waals surface area contributed by atoms with Crippen LogP contribution in [0.15, 0.2) is 72.8 Å². The van der Waals surface area contributed by atoms with Gasteiger partial charge in [-0.05, 0) is 40.3 Å². The number of nitrogens with zero attached hydrogens (tertiary/aromatic N) is 1. The van der Waals surface area contributed by atoms with Gasteiger partial charge in [0.05, 0.1) is 24.9 Å². The summed E-state index contributed by atoms with van der Waals surface area (Å²) in [5.41, 5.74) is 5.64. The molecule has 0 spiro atoms. The van der Waals surface area contributed by atoms with E-state index in [1.165, 1.54) is 0 Å². The molecule has 2 saturated heterocycles. The standard InChI is InChI=1S/C32H35Cl3N2O5/c1-20-28(18-37-14-13-27(39)17-37)41-30(42-29(20)24-7-5-21(19-38)6-8-24)25-11-9-23(10-12-25)26-4-2-3-22(15-26)16-36-31(40)32(33,34)35/h2-12,15,20,27-30,38-39H,13-14,16-19H2,1H3,(H,36,40). The van der Waals surface area contributed by atoms with Gasteiger partial charge < -0.3 is 25.0 Å². The Labute approximate surface area is 261 Å². The first-order valence-electron chi connectivity index (χ1n) is 14.1. The Morgan fingerprint density at radius 1 is 0.976 bits per heavy atom. The van der Waals surface area contributed by atoms with Gasteiger partial charge in [0.15, 0.2) is 6.29 Å². The Bertz CT molecular complexity index is 1350. The number of alkyl halides is 3. The van der Waals surface area contributed by atoms with Crippen LogP contribution in [0.3, 0.4) is 0 Å². The Hall–Kier alpha value is -2.20. The van der Waals surface area contributed by atoms with E-state index in [4.69, 9.17) is 44.3 Å². The number of aliphatic hydroxyl groups excluding tert-OH is 2. The molecule has 42 heavy (non-hydrogen) atoms. The summed E-state index contributed by atoms with van der Waals surface area (Å²) < 4.78 is 11.1. The highest BCUT2D eigenvalue weighted by Crippen LogP contribution is 2.42. The summed E-state index contributed by atoms with van der Waals surface area (Å²) in [5.74, 6) is -0.603. The molecular formula is C32H35Cl3N2O5. The molecule has 2 fully saturated rings. The largest absolute Gasteiger partial charge is 0.392 e. The molecule has 5 rings (SSSR count). The minimum Gasteiger partial charge on any atom is -0.392 e. The maximum Gasteiger partial charge on any atom is 0.272 e. The van der Waals surface area contributed by atoms with E-state index < -0.39 is 16.0 Å². The van der Waals surface area contributed by atoms with Gasteiger partial charge in [0.2, 0.25) is 0 Å². The molecule has 5 atom stereocenters. The van der Waals surface area contributed by atoms with Crippen LogP contribution in [0.4, 0.5) is 0 Å². The SMILES string of the molecule is CC1C(CN2CCC(O)C2)OC(c2ccc(-c3cccc(CNC(=O)C(Cl)(Cl)Cl)c3)cc2)OC1c1ccc(CO)cc1. The number of benzene rings is 3. The van der Waals surface area contributed by atoms with Gasteiger partial charge in [-0.15, -0.1) is 0 Å². The Balaban J connectivity index is 1.33. The normalized spacial score (nSPS) is 25.0. The number of hydrogen-bond acceptors (Lipinski definition) is 6. The van der Waals surface area contributed by atoms with Gasteiger partial charge >= 0.3 is 0 Å². The fourth-order valence-corrected chi connectivity index (χ4v) is 5.74. The Morgan fingerprint density at radius 2 is 1.69 bits per heavy atom. The summed E-state index contributed by atoms with van der Waals surface area (Å²) in [6.07, 6.45) is -0.396. The van der Waals surface area contributed by atoms with Crippen molar-refractivity contribution < 1.29 is 24.5 Å². The van der Waals surface area contributed by atoms with Gasteiger partial charge in [-0.1, -0.05) is 108 Å². The van der Waals surface area contributed by atoms with Crippen molar-refractivity contribution in [3.8, 4) is 11.1 Å². The van der Waals surface area contributed by atoms with Crippen LogP contribution in [0.25, 0.3) is 11.1 Å². The zero-order chi connectivity index (χ0) is 29.9. The van der Waals surface area contributed by atoms with Crippen LogP contribution < -0.4 is 5.32 Å². The lowest BCUT2D eigenvalue weighted by atomic mass is 9.90. The third kappa shape index (κ3) is 7.65. The van der Waals surface area contributed by atoms with Crippen molar-refractivity contribution in [3.63, 3.8) is 0 Å². The smallest absolute Gasteiger partial charge is 0.272 e.